The van der Waals surface area contributed by atoms with Crippen LogP contribution >= 0.6 is 0 Å². The monoisotopic (exact) mass is 441 g/mol. The SMILES string of the molecule is CC(Nc1nc(N)nc(N)c1C#N)c1nc2ccccc2c(=O)n1-c1cc(F)cc(C#N)c1. The summed E-state index contributed by atoms with van der Waals surface area (Å²) in [4.78, 5) is 25.8. The predicted octanol–water partition coefficient (Wildman–Crippen LogP) is 2.40. The Morgan fingerprint density at radius 3 is 2.58 bits per heavy atom. The van der Waals surface area contributed by atoms with Crippen molar-refractivity contribution < 1.29 is 4.39 Å². The molecule has 2 aromatic carbocycles. The quantitative estimate of drug-likeness (QED) is 0.430. The molecule has 0 aliphatic carbocycles. The van der Waals surface area contributed by atoms with Crippen molar-refractivity contribution in [3.05, 3.63) is 75.6 Å². The van der Waals surface area contributed by atoms with Crippen molar-refractivity contribution >= 4 is 28.5 Å². The lowest BCUT2D eigenvalue weighted by Gasteiger charge is -2.21. The molecule has 5 N–H and O–H groups in total. The van der Waals surface area contributed by atoms with Gasteiger partial charge in [-0.05, 0) is 37.3 Å². The molecule has 0 saturated carbocycles. The van der Waals surface area contributed by atoms with Crippen molar-refractivity contribution in [2.45, 2.75) is 13.0 Å². The summed E-state index contributed by atoms with van der Waals surface area (Å²) in [5.41, 5.74) is 11.6. The van der Waals surface area contributed by atoms with Crippen molar-refractivity contribution in [3.8, 4) is 17.8 Å². The van der Waals surface area contributed by atoms with Gasteiger partial charge in [0.05, 0.1) is 34.3 Å². The number of aromatic nitrogens is 4. The Bertz CT molecular complexity index is 1550. The number of halogens is 1. The van der Waals surface area contributed by atoms with E-state index < -0.39 is 17.4 Å². The number of nitriles is 2. The molecule has 1 unspecified atom stereocenters. The number of para-hydroxylation sites is 1. The fraction of sp³-hybridized carbons (Fsp3) is 0.0909. The van der Waals surface area contributed by atoms with Crippen molar-refractivity contribution in [2.75, 3.05) is 16.8 Å². The molecule has 0 spiro atoms. The molecule has 0 radical (unpaired) electrons. The minimum absolute atomic E-state index is 0.0248. The first-order valence-corrected chi connectivity index (χ1v) is 9.64. The van der Waals surface area contributed by atoms with Crippen LogP contribution in [0.5, 0.6) is 0 Å². The van der Waals surface area contributed by atoms with Gasteiger partial charge in [-0.3, -0.25) is 9.36 Å². The Kier molecular flexibility index (Phi) is 5.30. The lowest BCUT2D eigenvalue weighted by atomic mass is 10.1. The van der Waals surface area contributed by atoms with Crippen LogP contribution in [-0.4, -0.2) is 19.5 Å². The van der Waals surface area contributed by atoms with Gasteiger partial charge in [0.15, 0.2) is 5.82 Å². The fourth-order valence-corrected chi connectivity index (χ4v) is 3.44. The minimum atomic E-state index is -0.725. The molecule has 1 atom stereocenters. The van der Waals surface area contributed by atoms with Crippen molar-refractivity contribution in [3.63, 3.8) is 0 Å². The minimum Gasteiger partial charge on any atom is -0.382 e. The average Bonchev–Trinajstić information content (AvgIpc) is 2.78. The molecule has 0 aliphatic heterocycles. The number of nitrogen functional groups attached to an aromatic ring is 2. The van der Waals surface area contributed by atoms with Gasteiger partial charge in [0.1, 0.15) is 29.1 Å². The van der Waals surface area contributed by atoms with Gasteiger partial charge in [-0.15, -0.1) is 0 Å². The number of nitrogens with two attached hydrogens (primary N) is 2. The third-order valence-corrected chi connectivity index (χ3v) is 4.88. The lowest BCUT2D eigenvalue weighted by Crippen LogP contribution is -2.28. The van der Waals surface area contributed by atoms with E-state index in [2.05, 4.69) is 20.3 Å². The molecule has 0 amide bonds. The smallest absolute Gasteiger partial charge is 0.266 e. The van der Waals surface area contributed by atoms with E-state index in [9.17, 15) is 19.7 Å². The maximum atomic E-state index is 14.2. The molecule has 10 nitrogen and oxygen atoms in total. The molecule has 4 rings (SSSR count). The van der Waals surface area contributed by atoms with Gasteiger partial charge >= 0.3 is 0 Å². The molecular weight excluding hydrogens is 425 g/mol. The Morgan fingerprint density at radius 1 is 1.09 bits per heavy atom. The summed E-state index contributed by atoms with van der Waals surface area (Å²) in [6.07, 6.45) is 0. The van der Waals surface area contributed by atoms with Gasteiger partial charge in [-0.1, -0.05) is 12.1 Å². The van der Waals surface area contributed by atoms with Gasteiger partial charge in [-0.2, -0.15) is 20.5 Å². The summed E-state index contributed by atoms with van der Waals surface area (Å²) in [5.74, 6) is -0.686. The standard InChI is InChI=1S/C22H16FN9O/c1-11(28-19-16(10-25)18(26)30-22(27)31-19)20-29-17-5-3-2-4-15(17)21(33)32(20)14-7-12(9-24)6-13(23)8-14/h2-8,11H,1H3,(H5,26,27,28,30,31). The maximum Gasteiger partial charge on any atom is 0.266 e. The van der Waals surface area contributed by atoms with Crippen LogP contribution in [0.15, 0.2) is 47.3 Å². The number of anilines is 3. The Morgan fingerprint density at radius 2 is 1.85 bits per heavy atom. The van der Waals surface area contributed by atoms with E-state index in [4.69, 9.17) is 11.5 Å². The molecular formula is C22H16FN9O. The van der Waals surface area contributed by atoms with E-state index in [-0.39, 0.29) is 40.2 Å². The van der Waals surface area contributed by atoms with E-state index in [0.717, 1.165) is 12.1 Å². The lowest BCUT2D eigenvalue weighted by molar-refractivity contribution is 0.624. The van der Waals surface area contributed by atoms with Crippen LogP contribution in [0.2, 0.25) is 0 Å². The second kappa shape index (κ2) is 8.24. The number of hydrogen-bond acceptors (Lipinski definition) is 9. The normalized spacial score (nSPS) is 11.5. The number of benzene rings is 2. The summed E-state index contributed by atoms with van der Waals surface area (Å²) in [6.45, 7) is 1.67. The number of nitrogens with one attached hydrogen (secondary N) is 1. The highest BCUT2D eigenvalue weighted by Gasteiger charge is 2.21. The highest BCUT2D eigenvalue weighted by atomic mass is 19.1. The zero-order chi connectivity index (χ0) is 23.7. The number of nitrogens with zero attached hydrogens (tertiary/aromatic N) is 6. The highest BCUT2D eigenvalue weighted by Crippen LogP contribution is 2.25. The first-order valence-electron chi connectivity index (χ1n) is 9.64. The molecule has 0 bridgehead atoms. The number of hydrogen-bond donors (Lipinski definition) is 3. The Balaban J connectivity index is 1.96. The third-order valence-electron chi connectivity index (χ3n) is 4.88. The molecule has 2 aromatic heterocycles. The predicted molar refractivity (Wildman–Crippen MR) is 120 cm³/mol. The summed E-state index contributed by atoms with van der Waals surface area (Å²) < 4.78 is 15.4. The second-order valence-corrected chi connectivity index (χ2v) is 7.11. The van der Waals surface area contributed by atoms with Gasteiger partial charge in [-0.25, -0.2) is 9.37 Å². The first-order chi connectivity index (χ1) is 15.8. The molecule has 0 saturated heterocycles. The van der Waals surface area contributed by atoms with Crippen LogP contribution in [0, 0.1) is 28.5 Å². The molecule has 0 aliphatic rings. The molecule has 162 valence electrons. The fourth-order valence-electron chi connectivity index (χ4n) is 3.44. The van der Waals surface area contributed by atoms with Crippen molar-refractivity contribution in [1.29, 1.82) is 10.5 Å². The van der Waals surface area contributed by atoms with Crippen molar-refractivity contribution in [1.82, 2.24) is 19.5 Å². The summed E-state index contributed by atoms with van der Waals surface area (Å²) in [5, 5.41) is 22.0. The largest absolute Gasteiger partial charge is 0.382 e. The topological polar surface area (TPSA) is 172 Å². The molecule has 33 heavy (non-hydrogen) atoms. The maximum absolute atomic E-state index is 14.2. The summed E-state index contributed by atoms with van der Waals surface area (Å²) in [7, 11) is 0. The number of fused-ring (bicyclic) bond motifs is 1. The van der Waals surface area contributed by atoms with Crippen molar-refractivity contribution in [2.24, 2.45) is 0 Å². The van der Waals surface area contributed by atoms with E-state index in [1.54, 1.807) is 31.2 Å². The van der Waals surface area contributed by atoms with Crippen LogP contribution in [0.4, 0.5) is 22.0 Å². The molecule has 2 heterocycles. The van der Waals surface area contributed by atoms with Gasteiger partial charge in [0.25, 0.3) is 5.56 Å². The van der Waals surface area contributed by atoms with E-state index in [0.29, 0.717) is 10.9 Å². The second-order valence-electron chi connectivity index (χ2n) is 7.11. The molecule has 4 aromatic rings. The summed E-state index contributed by atoms with van der Waals surface area (Å²) in [6, 6.07) is 13.4. The molecule has 0 fully saturated rings. The van der Waals surface area contributed by atoms with Crippen LogP contribution in [0.3, 0.4) is 0 Å². The molecule has 11 heteroatoms. The van der Waals surface area contributed by atoms with Crippen LogP contribution in [-0.2, 0) is 0 Å². The van der Waals surface area contributed by atoms with Crippen LogP contribution in [0.25, 0.3) is 16.6 Å². The van der Waals surface area contributed by atoms with E-state index in [1.807, 2.05) is 12.1 Å². The Labute approximate surface area is 186 Å². The van der Waals surface area contributed by atoms with Gasteiger partial charge in [0.2, 0.25) is 5.95 Å². The van der Waals surface area contributed by atoms with Crippen LogP contribution < -0.4 is 22.3 Å². The van der Waals surface area contributed by atoms with Gasteiger partial charge in [0, 0.05) is 0 Å². The Hall–Kier alpha value is -5.03. The highest BCUT2D eigenvalue weighted by molar-refractivity contribution is 5.78. The average molecular weight is 441 g/mol. The van der Waals surface area contributed by atoms with E-state index in [1.165, 1.54) is 10.6 Å². The third kappa shape index (κ3) is 3.86. The van der Waals surface area contributed by atoms with E-state index >= 15 is 0 Å². The zero-order valence-corrected chi connectivity index (χ0v) is 17.2. The number of rotatable bonds is 4. The van der Waals surface area contributed by atoms with Gasteiger partial charge < -0.3 is 16.8 Å². The van der Waals surface area contributed by atoms with Crippen LogP contribution in [0.1, 0.15) is 29.9 Å². The first kappa shape index (κ1) is 21.2. The summed E-state index contributed by atoms with van der Waals surface area (Å²) >= 11 is 0. The zero-order valence-electron chi connectivity index (χ0n) is 17.2.